The maximum Gasteiger partial charge on any atom is 0.145 e. The first-order valence-electron chi connectivity index (χ1n) is 8.79. The van der Waals surface area contributed by atoms with Gasteiger partial charge in [0.25, 0.3) is 0 Å². The highest BCUT2D eigenvalue weighted by Gasteiger charge is 2.36. The van der Waals surface area contributed by atoms with E-state index in [4.69, 9.17) is 0 Å². The third-order valence-corrected chi connectivity index (χ3v) is 9.72. The van der Waals surface area contributed by atoms with Crippen molar-refractivity contribution >= 4 is 18.4 Å². The summed E-state index contributed by atoms with van der Waals surface area (Å²) >= 11 is 0. The van der Waals surface area contributed by atoms with Gasteiger partial charge in [-0.1, -0.05) is 77.5 Å². The fourth-order valence-corrected chi connectivity index (χ4v) is 7.56. The van der Waals surface area contributed by atoms with Gasteiger partial charge in [0.2, 0.25) is 0 Å². The standard InChI is InChI=1S/C20H27NOSi/c22-18-23(19-10-4-1-5-11-19,20-12-6-2-7-13-20)17-16-21-14-8-3-9-15-21/h1-2,4-7,10-13,22H,3,8-9,14-18H2. The number of hydrogen-bond donors (Lipinski definition) is 1. The third-order valence-electron chi connectivity index (χ3n) is 5.23. The van der Waals surface area contributed by atoms with Gasteiger partial charge in [-0.2, -0.15) is 0 Å². The van der Waals surface area contributed by atoms with Crippen LogP contribution in [0.1, 0.15) is 19.3 Å². The third kappa shape index (κ3) is 3.74. The van der Waals surface area contributed by atoms with Crippen LogP contribution in [0.4, 0.5) is 0 Å². The van der Waals surface area contributed by atoms with Crippen LogP contribution in [0.15, 0.2) is 60.7 Å². The van der Waals surface area contributed by atoms with Gasteiger partial charge in [-0.25, -0.2) is 0 Å². The molecule has 1 N–H and O–H groups in total. The minimum atomic E-state index is -2.09. The maximum atomic E-state index is 10.5. The molecule has 3 rings (SSSR count). The van der Waals surface area contributed by atoms with E-state index >= 15 is 0 Å². The van der Waals surface area contributed by atoms with Gasteiger partial charge in [-0.3, -0.25) is 0 Å². The summed E-state index contributed by atoms with van der Waals surface area (Å²) < 4.78 is 0. The zero-order chi connectivity index (χ0) is 16.0. The molecule has 0 spiro atoms. The molecule has 1 heterocycles. The average Bonchev–Trinajstić information content (AvgIpc) is 2.65. The lowest BCUT2D eigenvalue weighted by Crippen LogP contribution is -2.62. The van der Waals surface area contributed by atoms with Gasteiger partial charge in [0.15, 0.2) is 0 Å². The van der Waals surface area contributed by atoms with E-state index in [2.05, 4.69) is 65.6 Å². The van der Waals surface area contributed by atoms with E-state index in [1.807, 2.05) is 0 Å². The van der Waals surface area contributed by atoms with Gasteiger partial charge in [0.05, 0.1) is 0 Å². The summed E-state index contributed by atoms with van der Waals surface area (Å²) in [5.41, 5.74) is 0. The quantitative estimate of drug-likeness (QED) is 0.824. The fourth-order valence-electron chi connectivity index (χ4n) is 3.76. The van der Waals surface area contributed by atoms with E-state index < -0.39 is 8.07 Å². The number of aliphatic hydroxyl groups excluding tert-OH is 1. The van der Waals surface area contributed by atoms with E-state index in [0.717, 1.165) is 12.6 Å². The summed E-state index contributed by atoms with van der Waals surface area (Å²) in [7, 11) is -2.09. The minimum absolute atomic E-state index is 0.287. The summed E-state index contributed by atoms with van der Waals surface area (Å²) in [4.78, 5) is 2.59. The molecule has 23 heavy (non-hydrogen) atoms. The van der Waals surface area contributed by atoms with Crippen LogP contribution in [0, 0.1) is 0 Å². The highest BCUT2D eigenvalue weighted by atomic mass is 28.3. The Labute approximate surface area is 140 Å². The van der Waals surface area contributed by atoms with Crippen molar-refractivity contribution in [3.63, 3.8) is 0 Å². The normalized spacial score (nSPS) is 16.4. The van der Waals surface area contributed by atoms with Crippen molar-refractivity contribution < 1.29 is 5.11 Å². The molecule has 1 aliphatic rings. The molecule has 1 saturated heterocycles. The fraction of sp³-hybridized carbons (Fsp3) is 0.400. The zero-order valence-corrected chi connectivity index (χ0v) is 14.8. The van der Waals surface area contributed by atoms with E-state index in [-0.39, 0.29) is 6.23 Å². The Morgan fingerprint density at radius 1 is 0.783 bits per heavy atom. The lowest BCUT2D eigenvalue weighted by atomic mass is 10.1. The van der Waals surface area contributed by atoms with Gasteiger partial charge in [-0.15, -0.1) is 0 Å². The molecule has 2 aromatic carbocycles. The first-order valence-corrected chi connectivity index (χ1v) is 11.2. The molecular formula is C20H27NOSi. The maximum absolute atomic E-state index is 10.5. The molecule has 3 heteroatoms. The van der Waals surface area contributed by atoms with Gasteiger partial charge < -0.3 is 10.0 Å². The van der Waals surface area contributed by atoms with Crippen molar-refractivity contribution in [2.75, 3.05) is 25.9 Å². The highest BCUT2D eigenvalue weighted by Crippen LogP contribution is 2.15. The van der Waals surface area contributed by atoms with Crippen LogP contribution in [-0.4, -0.2) is 43.9 Å². The van der Waals surface area contributed by atoms with Gasteiger partial charge >= 0.3 is 0 Å². The lowest BCUT2D eigenvalue weighted by Gasteiger charge is -2.34. The van der Waals surface area contributed by atoms with Crippen LogP contribution in [0.25, 0.3) is 0 Å². The summed E-state index contributed by atoms with van der Waals surface area (Å²) in [6.07, 6.45) is 4.31. The van der Waals surface area contributed by atoms with Crippen LogP contribution in [-0.2, 0) is 0 Å². The second-order valence-electron chi connectivity index (χ2n) is 6.62. The predicted molar refractivity (Wildman–Crippen MR) is 100 cm³/mol. The summed E-state index contributed by atoms with van der Waals surface area (Å²) in [6.45, 7) is 3.55. The minimum Gasteiger partial charge on any atom is -0.399 e. The van der Waals surface area contributed by atoms with Gasteiger partial charge in [0, 0.05) is 6.23 Å². The van der Waals surface area contributed by atoms with Crippen LogP contribution < -0.4 is 10.4 Å². The molecule has 1 fully saturated rings. The van der Waals surface area contributed by atoms with Crippen molar-refractivity contribution in [2.24, 2.45) is 0 Å². The van der Waals surface area contributed by atoms with Crippen molar-refractivity contribution in [3.8, 4) is 0 Å². The molecule has 0 aliphatic carbocycles. The summed E-state index contributed by atoms with van der Waals surface area (Å²) in [5.74, 6) is 0. The molecule has 2 aromatic rings. The van der Waals surface area contributed by atoms with Gasteiger partial charge in [0.1, 0.15) is 8.07 Å². The van der Waals surface area contributed by atoms with E-state index in [9.17, 15) is 5.11 Å². The zero-order valence-electron chi connectivity index (χ0n) is 13.8. The SMILES string of the molecule is OC[Si](CCN1CCCCC1)(c1ccccc1)c1ccccc1. The lowest BCUT2D eigenvalue weighted by molar-refractivity contribution is 0.238. The Hall–Kier alpha value is -1.42. The average molecular weight is 326 g/mol. The molecular weight excluding hydrogens is 298 g/mol. The molecule has 0 unspecified atom stereocenters. The number of likely N-dealkylation sites (tertiary alicyclic amines) is 1. The number of rotatable bonds is 6. The molecule has 0 bridgehead atoms. The van der Waals surface area contributed by atoms with Crippen molar-refractivity contribution in [1.29, 1.82) is 0 Å². The number of piperidine rings is 1. The van der Waals surface area contributed by atoms with E-state index in [1.165, 1.54) is 42.7 Å². The van der Waals surface area contributed by atoms with Crippen molar-refractivity contribution in [2.45, 2.75) is 25.3 Å². The largest absolute Gasteiger partial charge is 0.399 e. The van der Waals surface area contributed by atoms with Crippen LogP contribution >= 0.6 is 0 Å². The molecule has 0 aromatic heterocycles. The second kappa shape index (κ2) is 7.91. The number of aliphatic hydroxyl groups is 1. The molecule has 0 saturated carbocycles. The van der Waals surface area contributed by atoms with Crippen LogP contribution in [0.5, 0.6) is 0 Å². The Kier molecular flexibility index (Phi) is 5.65. The van der Waals surface area contributed by atoms with Crippen LogP contribution in [0.3, 0.4) is 0 Å². The van der Waals surface area contributed by atoms with Crippen molar-refractivity contribution in [3.05, 3.63) is 60.7 Å². The summed E-state index contributed by atoms with van der Waals surface area (Å²) in [5, 5.41) is 13.2. The molecule has 0 radical (unpaired) electrons. The Bertz CT molecular complexity index is 542. The number of benzene rings is 2. The molecule has 1 aliphatic heterocycles. The van der Waals surface area contributed by atoms with Crippen LogP contribution in [0.2, 0.25) is 6.04 Å². The summed E-state index contributed by atoms with van der Waals surface area (Å²) in [6, 6.07) is 22.5. The van der Waals surface area contributed by atoms with E-state index in [1.54, 1.807) is 0 Å². The first kappa shape index (κ1) is 16.4. The highest BCUT2D eigenvalue weighted by molar-refractivity contribution is 7.02. The number of nitrogens with zero attached hydrogens (tertiary/aromatic N) is 1. The Morgan fingerprint density at radius 2 is 1.30 bits per heavy atom. The molecule has 0 amide bonds. The predicted octanol–water partition coefficient (Wildman–Crippen LogP) is 2.27. The molecule has 0 atom stereocenters. The topological polar surface area (TPSA) is 23.5 Å². The molecule has 2 nitrogen and oxygen atoms in total. The smallest absolute Gasteiger partial charge is 0.145 e. The number of hydrogen-bond acceptors (Lipinski definition) is 2. The first-order chi connectivity index (χ1) is 11.3. The van der Waals surface area contributed by atoms with Crippen molar-refractivity contribution in [1.82, 2.24) is 4.90 Å². The monoisotopic (exact) mass is 325 g/mol. The Morgan fingerprint density at radius 3 is 1.78 bits per heavy atom. The second-order valence-corrected chi connectivity index (χ2v) is 10.8. The Balaban J connectivity index is 1.89. The van der Waals surface area contributed by atoms with E-state index in [0.29, 0.717) is 0 Å². The molecule has 122 valence electrons. The van der Waals surface area contributed by atoms with Gasteiger partial charge in [-0.05, 0) is 38.5 Å².